The Kier molecular flexibility index (Phi) is 3.15. The lowest BCUT2D eigenvalue weighted by Crippen LogP contribution is -2.35. The molecule has 1 aliphatic rings. The molecule has 0 spiro atoms. The van der Waals surface area contributed by atoms with Gasteiger partial charge in [-0.1, -0.05) is 12.1 Å². The van der Waals surface area contributed by atoms with Crippen molar-refractivity contribution < 1.29 is 9.18 Å². The molecule has 0 radical (unpaired) electrons. The van der Waals surface area contributed by atoms with E-state index in [9.17, 15) is 9.18 Å². The zero-order valence-corrected chi connectivity index (χ0v) is 10.6. The fourth-order valence-electron chi connectivity index (χ4n) is 2.52. The Morgan fingerprint density at radius 2 is 2.00 bits per heavy atom. The predicted molar refractivity (Wildman–Crippen MR) is 71.5 cm³/mol. The van der Waals surface area contributed by atoms with Crippen LogP contribution in [0.25, 0.3) is 10.9 Å². The molecule has 0 N–H and O–H groups in total. The minimum atomic E-state index is -0.352. The van der Waals surface area contributed by atoms with Gasteiger partial charge < -0.3 is 4.90 Å². The Morgan fingerprint density at radius 3 is 2.79 bits per heavy atom. The summed E-state index contributed by atoms with van der Waals surface area (Å²) in [6.45, 7) is 1.61. The second-order valence-electron chi connectivity index (χ2n) is 4.89. The second-order valence-corrected chi connectivity index (χ2v) is 4.89. The number of carbonyl (C=O) groups excluding carboxylic acids is 1. The summed E-state index contributed by atoms with van der Waals surface area (Å²) in [7, 11) is 0. The summed E-state index contributed by atoms with van der Waals surface area (Å²) in [5.74, 6) is -0.354. The molecule has 98 valence electrons. The molecule has 1 aromatic heterocycles. The van der Waals surface area contributed by atoms with Gasteiger partial charge in [-0.2, -0.15) is 0 Å². The molecule has 2 aromatic rings. The number of likely N-dealkylation sites (tertiary alicyclic amines) is 1. The molecular weight excluding hydrogens is 243 g/mol. The molecule has 19 heavy (non-hydrogen) atoms. The fourth-order valence-corrected chi connectivity index (χ4v) is 2.52. The van der Waals surface area contributed by atoms with Crippen molar-refractivity contribution in [3.05, 3.63) is 41.8 Å². The molecule has 2 heterocycles. The van der Waals surface area contributed by atoms with E-state index in [1.54, 1.807) is 18.2 Å². The van der Waals surface area contributed by atoms with Gasteiger partial charge in [-0.3, -0.25) is 9.78 Å². The van der Waals surface area contributed by atoms with Gasteiger partial charge in [0.05, 0.1) is 5.56 Å². The normalized spacial score (nSPS) is 15.7. The molecule has 0 atom stereocenters. The first-order chi connectivity index (χ1) is 9.25. The van der Waals surface area contributed by atoms with Crippen LogP contribution in [0.1, 0.15) is 29.6 Å². The van der Waals surface area contributed by atoms with Gasteiger partial charge in [0.15, 0.2) is 0 Å². The summed E-state index contributed by atoms with van der Waals surface area (Å²) in [6, 6.07) is 6.51. The van der Waals surface area contributed by atoms with Crippen molar-refractivity contribution in [3.8, 4) is 0 Å². The van der Waals surface area contributed by atoms with Crippen LogP contribution in [0.15, 0.2) is 30.5 Å². The number of hydrogen-bond donors (Lipinski definition) is 0. The highest BCUT2D eigenvalue weighted by molar-refractivity contribution is 5.97. The summed E-state index contributed by atoms with van der Waals surface area (Å²) < 4.78 is 13.5. The number of amides is 1. The molecule has 1 aromatic carbocycles. The van der Waals surface area contributed by atoms with Gasteiger partial charge in [0, 0.05) is 24.7 Å². The van der Waals surface area contributed by atoms with Crippen LogP contribution in [0.5, 0.6) is 0 Å². The zero-order chi connectivity index (χ0) is 13.2. The van der Waals surface area contributed by atoms with E-state index in [1.165, 1.54) is 18.7 Å². The molecule has 1 amide bonds. The molecule has 0 unspecified atom stereocenters. The maximum Gasteiger partial charge on any atom is 0.255 e. The van der Waals surface area contributed by atoms with Gasteiger partial charge in [-0.15, -0.1) is 0 Å². The third-order valence-corrected chi connectivity index (χ3v) is 3.55. The average Bonchev–Trinajstić information content (AvgIpc) is 2.47. The van der Waals surface area contributed by atoms with E-state index in [2.05, 4.69) is 4.98 Å². The lowest BCUT2D eigenvalue weighted by Gasteiger charge is -2.26. The largest absolute Gasteiger partial charge is 0.339 e. The Bertz CT molecular complexity index is 621. The maximum absolute atomic E-state index is 13.5. The number of piperidine rings is 1. The van der Waals surface area contributed by atoms with E-state index in [4.69, 9.17) is 0 Å². The zero-order valence-electron chi connectivity index (χ0n) is 10.6. The summed E-state index contributed by atoms with van der Waals surface area (Å²) in [5, 5.41) is 0.669. The Labute approximate surface area is 111 Å². The van der Waals surface area contributed by atoms with Crippen LogP contribution in [0, 0.1) is 5.82 Å². The van der Waals surface area contributed by atoms with Crippen LogP contribution in [0.3, 0.4) is 0 Å². The predicted octanol–water partition coefficient (Wildman–Crippen LogP) is 3.00. The van der Waals surface area contributed by atoms with Gasteiger partial charge in [0.1, 0.15) is 11.3 Å². The van der Waals surface area contributed by atoms with Gasteiger partial charge in [0.25, 0.3) is 5.91 Å². The van der Waals surface area contributed by atoms with Crippen molar-refractivity contribution in [2.45, 2.75) is 19.3 Å². The van der Waals surface area contributed by atoms with Crippen molar-refractivity contribution in [1.82, 2.24) is 9.88 Å². The molecule has 4 heteroatoms. The van der Waals surface area contributed by atoms with Crippen molar-refractivity contribution in [1.29, 1.82) is 0 Å². The topological polar surface area (TPSA) is 33.2 Å². The highest BCUT2D eigenvalue weighted by Crippen LogP contribution is 2.18. The third kappa shape index (κ3) is 2.30. The third-order valence-electron chi connectivity index (χ3n) is 3.55. The number of rotatable bonds is 1. The van der Waals surface area contributed by atoms with Crippen molar-refractivity contribution in [2.24, 2.45) is 0 Å². The smallest absolute Gasteiger partial charge is 0.255 e. The first kappa shape index (κ1) is 12.1. The van der Waals surface area contributed by atoms with Crippen LogP contribution >= 0.6 is 0 Å². The van der Waals surface area contributed by atoms with E-state index in [0.29, 0.717) is 16.5 Å². The summed E-state index contributed by atoms with van der Waals surface area (Å²) in [6.07, 6.45) is 4.77. The standard InChI is InChI=1S/C15H15FN2O/c16-13-6-4-5-11-9-12(10-17-14(11)13)15(19)18-7-2-1-3-8-18/h4-6,9-10H,1-3,7-8H2. The molecule has 1 saturated heterocycles. The van der Waals surface area contributed by atoms with Gasteiger partial charge in [0.2, 0.25) is 0 Å². The van der Waals surface area contributed by atoms with Crippen LogP contribution in [0.2, 0.25) is 0 Å². The SMILES string of the molecule is O=C(c1cnc2c(F)cccc2c1)N1CCCCC1. The highest BCUT2D eigenvalue weighted by atomic mass is 19.1. The Hall–Kier alpha value is -1.97. The van der Waals surface area contributed by atoms with E-state index < -0.39 is 0 Å². The molecular formula is C15H15FN2O. The van der Waals surface area contributed by atoms with E-state index in [1.807, 2.05) is 4.90 Å². The number of pyridine rings is 1. The molecule has 3 nitrogen and oxygen atoms in total. The number of fused-ring (bicyclic) bond motifs is 1. The molecule has 0 aliphatic carbocycles. The summed E-state index contributed by atoms with van der Waals surface area (Å²) >= 11 is 0. The van der Waals surface area contributed by atoms with Gasteiger partial charge in [-0.25, -0.2) is 4.39 Å². The Morgan fingerprint density at radius 1 is 1.21 bits per heavy atom. The molecule has 1 aliphatic heterocycles. The lowest BCUT2D eigenvalue weighted by molar-refractivity contribution is 0.0724. The number of carbonyl (C=O) groups is 1. The fraction of sp³-hybridized carbons (Fsp3) is 0.333. The second kappa shape index (κ2) is 4.96. The van der Waals surface area contributed by atoms with Crippen LogP contribution < -0.4 is 0 Å². The van der Waals surface area contributed by atoms with Crippen LogP contribution in [-0.2, 0) is 0 Å². The Balaban J connectivity index is 1.94. The van der Waals surface area contributed by atoms with Crippen LogP contribution in [0.4, 0.5) is 4.39 Å². The average molecular weight is 258 g/mol. The number of hydrogen-bond acceptors (Lipinski definition) is 2. The molecule has 0 bridgehead atoms. The number of halogens is 1. The number of benzene rings is 1. The minimum absolute atomic E-state index is 0.00152. The van der Waals surface area contributed by atoms with Crippen molar-refractivity contribution in [2.75, 3.05) is 13.1 Å². The first-order valence-electron chi connectivity index (χ1n) is 6.59. The van der Waals surface area contributed by atoms with Crippen molar-refractivity contribution >= 4 is 16.8 Å². The minimum Gasteiger partial charge on any atom is -0.339 e. The highest BCUT2D eigenvalue weighted by Gasteiger charge is 2.18. The quantitative estimate of drug-likeness (QED) is 0.787. The van der Waals surface area contributed by atoms with E-state index in [-0.39, 0.29) is 11.7 Å². The number of nitrogens with zero attached hydrogens (tertiary/aromatic N) is 2. The van der Waals surface area contributed by atoms with Gasteiger partial charge in [-0.05, 0) is 31.4 Å². The molecule has 3 rings (SSSR count). The van der Waals surface area contributed by atoms with E-state index in [0.717, 1.165) is 25.9 Å². The molecule has 0 saturated carbocycles. The molecule has 1 fully saturated rings. The van der Waals surface area contributed by atoms with Gasteiger partial charge >= 0.3 is 0 Å². The number of aromatic nitrogens is 1. The van der Waals surface area contributed by atoms with E-state index >= 15 is 0 Å². The lowest BCUT2D eigenvalue weighted by atomic mass is 10.1. The van der Waals surface area contributed by atoms with Crippen molar-refractivity contribution in [3.63, 3.8) is 0 Å². The number of para-hydroxylation sites is 1. The summed E-state index contributed by atoms with van der Waals surface area (Å²) in [4.78, 5) is 18.2. The summed E-state index contributed by atoms with van der Waals surface area (Å²) in [5.41, 5.74) is 0.859. The van der Waals surface area contributed by atoms with Crippen LogP contribution in [-0.4, -0.2) is 28.9 Å². The first-order valence-corrected chi connectivity index (χ1v) is 6.59. The maximum atomic E-state index is 13.5. The monoisotopic (exact) mass is 258 g/mol.